The first-order chi connectivity index (χ1) is 8.79. The van der Waals surface area contributed by atoms with Gasteiger partial charge < -0.3 is 5.32 Å². The third-order valence-electron chi connectivity index (χ3n) is 2.67. The average Bonchev–Trinajstić information content (AvgIpc) is 2.83. The topological polar surface area (TPSA) is 37.8 Å². The molecular weight excluding hydrogens is 242 g/mol. The van der Waals surface area contributed by atoms with Gasteiger partial charge in [0.15, 0.2) is 0 Å². The van der Waals surface area contributed by atoms with E-state index in [1.165, 1.54) is 17.5 Å². The van der Waals surface area contributed by atoms with Gasteiger partial charge in [0.05, 0.1) is 0 Å². The molecular formula is C14H19N3S. The maximum absolute atomic E-state index is 4.27. The predicted molar refractivity (Wildman–Crippen MR) is 76.9 cm³/mol. The summed E-state index contributed by atoms with van der Waals surface area (Å²) < 4.78 is 0. The van der Waals surface area contributed by atoms with Crippen molar-refractivity contribution < 1.29 is 0 Å². The summed E-state index contributed by atoms with van der Waals surface area (Å²) in [7, 11) is 0. The summed E-state index contributed by atoms with van der Waals surface area (Å²) in [4.78, 5) is 0. The standard InChI is InChI=1S/C14H19N3S/c1-3-8-15-9-7-13-16-17-14(18-13)12-6-4-5-11(2)10-12/h4-6,10,15H,3,7-9H2,1-2H3. The van der Waals surface area contributed by atoms with E-state index in [2.05, 4.69) is 53.6 Å². The summed E-state index contributed by atoms with van der Waals surface area (Å²) in [5.74, 6) is 0. The second-order valence-corrected chi connectivity index (χ2v) is 5.43. The van der Waals surface area contributed by atoms with Crippen LogP contribution < -0.4 is 5.32 Å². The molecule has 1 aromatic heterocycles. The van der Waals surface area contributed by atoms with Crippen LogP contribution in [-0.2, 0) is 6.42 Å². The van der Waals surface area contributed by atoms with E-state index in [1.54, 1.807) is 11.3 Å². The monoisotopic (exact) mass is 261 g/mol. The van der Waals surface area contributed by atoms with E-state index >= 15 is 0 Å². The van der Waals surface area contributed by atoms with Crippen molar-refractivity contribution >= 4 is 11.3 Å². The van der Waals surface area contributed by atoms with Crippen LogP contribution >= 0.6 is 11.3 Å². The Balaban J connectivity index is 1.97. The largest absolute Gasteiger partial charge is 0.316 e. The molecule has 0 aliphatic rings. The van der Waals surface area contributed by atoms with E-state index in [4.69, 9.17) is 0 Å². The van der Waals surface area contributed by atoms with Crippen LogP contribution in [0.1, 0.15) is 23.9 Å². The zero-order chi connectivity index (χ0) is 12.8. The molecule has 18 heavy (non-hydrogen) atoms. The molecule has 96 valence electrons. The highest BCUT2D eigenvalue weighted by atomic mass is 32.1. The minimum Gasteiger partial charge on any atom is -0.316 e. The Morgan fingerprint density at radius 2 is 2.11 bits per heavy atom. The molecule has 0 saturated heterocycles. The summed E-state index contributed by atoms with van der Waals surface area (Å²) in [5, 5.41) is 14.0. The van der Waals surface area contributed by atoms with Crippen LogP contribution in [0.2, 0.25) is 0 Å². The SMILES string of the molecule is CCCNCCc1nnc(-c2cccc(C)c2)s1. The molecule has 4 heteroatoms. The summed E-state index contributed by atoms with van der Waals surface area (Å²) in [5.41, 5.74) is 2.43. The van der Waals surface area contributed by atoms with Gasteiger partial charge in [-0.25, -0.2) is 0 Å². The molecule has 0 aliphatic heterocycles. The van der Waals surface area contributed by atoms with Crippen molar-refractivity contribution in [1.82, 2.24) is 15.5 Å². The molecule has 3 nitrogen and oxygen atoms in total. The van der Waals surface area contributed by atoms with Crippen molar-refractivity contribution in [2.24, 2.45) is 0 Å². The van der Waals surface area contributed by atoms with E-state index in [-0.39, 0.29) is 0 Å². The van der Waals surface area contributed by atoms with Gasteiger partial charge in [-0.3, -0.25) is 0 Å². The van der Waals surface area contributed by atoms with Gasteiger partial charge in [0.25, 0.3) is 0 Å². The molecule has 2 rings (SSSR count). The van der Waals surface area contributed by atoms with Crippen LogP contribution in [0.4, 0.5) is 0 Å². The minimum absolute atomic E-state index is 0.962. The third kappa shape index (κ3) is 3.62. The van der Waals surface area contributed by atoms with Crippen LogP contribution in [0.15, 0.2) is 24.3 Å². The van der Waals surface area contributed by atoms with E-state index in [0.717, 1.165) is 29.5 Å². The van der Waals surface area contributed by atoms with Crippen molar-refractivity contribution in [1.29, 1.82) is 0 Å². The normalized spacial score (nSPS) is 10.8. The predicted octanol–water partition coefficient (Wildman–Crippen LogP) is 3.06. The summed E-state index contributed by atoms with van der Waals surface area (Å²) >= 11 is 1.69. The molecule has 0 unspecified atom stereocenters. The summed E-state index contributed by atoms with van der Waals surface area (Å²) in [6, 6.07) is 8.40. The average molecular weight is 261 g/mol. The number of aryl methyl sites for hydroxylation is 1. The lowest BCUT2D eigenvalue weighted by molar-refractivity contribution is 0.668. The van der Waals surface area contributed by atoms with Gasteiger partial charge in [-0.1, -0.05) is 42.0 Å². The third-order valence-corrected chi connectivity index (χ3v) is 3.71. The Labute approximate surface area is 112 Å². The number of nitrogens with zero attached hydrogens (tertiary/aromatic N) is 2. The minimum atomic E-state index is 0.962. The lowest BCUT2D eigenvalue weighted by atomic mass is 10.1. The zero-order valence-electron chi connectivity index (χ0n) is 10.9. The Kier molecular flexibility index (Phi) is 4.84. The lowest BCUT2D eigenvalue weighted by Crippen LogP contribution is -2.17. The van der Waals surface area contributed by atoms with Crippen molar-refractivity contribution in [3.05, 3.63) is 34.8 Å². The van der Waals surface area contributed by atoms with Gasteiger partial charge in [0.2, 0.25) is 0 Å². The maximum atomic E-state index is 4.27. The zero-order valence-corrected chi connectivity index (χ0v) is 11.8. The van der Waals surface area contributed by atoms with Crippen LogP contribution in [0.3, 0.4) is 0 Å². The Morgan fingerprint density at radius 1 is 1.22 bits per heavy atom. The van der Waals surface area contributed by atoms with Gasteiger partial charge >= 0.3 is 0 Å². The first kappa shape index (κ1) is 13.2. The summed E-state index contributed by atoms with van der Waals surface area (Å²) in [6.45, 7) is 6.33. The van der Waals surface area contributed by atoms with Crippen molar-refractivity contribution in [3.63, 3.8) is 0 Å². The number of nitrogens with one attached hydrogen (secondary N) is 1. The molecule has 0 saturated carbocycles. The van der Waals surface area contributed by atoms with Crippen LogP contribution in [0.5, 0.6) is 0 Å². The van der Waals surface area contributed by atoms with E-state index in [9.17, 15) is 0 Å². The van der Waals surface area contributed by atoms with Gasteiger partial charge in [-0.2, -0.15) is 0 Å². The molecule has 0 fully saturated rings. The Morgan fingerprint density at radius 3 is 2.89 bits per heavy atom. The molecule has 0 bridgehead atoms. The van der Waals surface area contributed by atoms with Crippen molar-refractivity contribution in [2.75, 3.05) is 13.1 Å². The highest BCUT2D eigenvalue weighted by Crippen LogP contribution is 2.24. The highest BCUT2D eigenvalue weighted by molar-refractivity contribution is 7.14. The number of hydrogen-bond donors (Lipinski definition) is 1. The van der Waals surface area contributed by atoms with Crippen molar-refractivity contribution in [3.8, 4) is 10.6 Å². The fourth-order valence-electron chi connectivity index (χ4n) is 1.75. The van der Waals surface area contributed by atoms with Gasteiger partial charge in [0, 0.05) is 18.5 Å². The Bertz CT molecular complexity index is 493. The number of aromatic nitrogens is 2. The van der Waals surface area contributed by atoms with E-state index in [0.29, 0.717) is 0 Å². The maximum Gasteiger partial charge on any atom is 0.147 e. The number of hydrogen-bond acceptors (Lipinski definition) is 4. The molecule has 0 aliphatic carbocycles. The molecule has 0 radical (unpaired) electrons. The van der Waals surface area contributed by atoms with Crippen LogP contribution in [0.25, 0.3) is 10.6 Å². The fraction of sp³-hybridized carbons (Fsp3) is 0.429. The van der Waals surface area contributed by atoms with Crippen LogP contribution in [0, 0.1) is 6.92 Å². The first-order valence-electron chi connectivity index (χ1n) is 6.39. The van der Waals surface area contributed by atoms with E-state index in [1.807, 2.05) is 0 Å². The van der Waals surface area contributed by atoms with Crippen LogP contribution in [-0.4, -0.2) is 23.3 Å². The summed E-state index contributed by atoms with van der Waals surface area (Å²) in [6.07, 6.45) is 2.13. The molecule has 1 N–H and O–H groups in total. The van der Waals surface area contributed by atoms with Crippen molar-refractivity contribution in [2.45, 2.75) is 26.7 Å². The second-order valence-electron chi connectivity index (χ2n) is 4.37. The van der Waals surface area contributed by atoms with E-state index < -0.39 is 0 Å². The quantitative estimate of drug-likeness (QED) is 0.812. The molecule has 0 spiro atoms. The van der Waals surface area contributed by atoms with Gasteiger partial charge in [-0.15, -0.1) is 10.2 Å². The first-order valence-corrected chi connectivity index (χ1v) is 7.21. The molecule has 0 amide bonds. The second kappa shape index (κ2) is 6.61. The Hall–Kier alpha value is -1.26. The molecule has 1 heterocycles. The van der Waals surface area contributed by atoms with Gasteiger partial charge in [0.1, 0.15) is 10.0 Å². The smallest absolute Gasteiger partial charge is 0.147 e. The molecule has 0 atom stereocenters. The fourth-order valence-corrected chi connectivity index (χ4v) is 2.58. The number of rotatable bonds is 6. The molecule has 1 aromatic carbocycles. The lowest BCUT2D eigenvalue weighted by Gasteiger charge is -1.98. The highest BCUT2D eigenvalue weighted by Gasteiger charge is 2.06. The molecule has 2 aromatic rings. The van der Waals surface area contributed by atoms with Gasteiger partial charge in [-0.05, 0) is 26.0 Å². The number of benzene rings is 1.